The zero-order chi connectivity index (χ0) is 15.6. The van der Waals surface area contributed by atoms with Crippen LogP contribution in [0, 0.1) is 5.92 Å². The third kappa shape index (κ3) is 6.00. The topological polar surface area (TPSA) is 12.5 Å². The fourth-order valence-corrected chi connectivity index (χ4v) is 3.26. The zero-order valence-electron chi connectivity index (χ0n) is 14.5. The highest BCUT2D eigenvalue weighted by Gasteiger charge is 2.18. The number of nitrogens with zero attached hydrogens (tertiary/aromatic N) is 1. The van der Waals surface area contributed by atoms with Crippen LogP contribution in [0.4, 0.5) is 0 Å². The lowest BCUT2D eigenvalue weighted by molar-refractivity contribution is 0.162. The van der Waals surface area contributed by atoms with Crippen LogP contribution in [0.25, 0.3) is 0 Å². The Hall–Kier alpha value is -1.02. The van der Waals surface area contributed by atoms with E-state index in [1.54, 1.807) is 0 Å². The molecule has 1 aromatic carbocycles. The van der Waals surface area contributed by atoms with Crippen molar-refractivity contribution in [3.05, 3.63) is 29.8 Å². The van der Waals surface area contributed by atoms with Crippen LogP contribution in [0.15, 0.2) is 24.3 Å². The molecule has 1 aliphatic heterocycles. The molecule has 2 heteroatoms. The smallest absolute Gasteiger partial charge is 0.119 e. The Bertz CT molecular complexity index is 393. The van der Waals surface area contributed by atoms with E-state index >= 15 is 0 Å². The van der Waals surface area contributed by atoms with Crippen molar-refractivity contribution in [2.24, 2.45) is 5.92 Å². The molecule has 0 aliphatic carbocycles. The van der Waals surface area contributed by atoms with Crippen LogP contribution in [0.1, 0.15) is 57.9 Å². The molecule has 2 nitrogen and oxygen atoms in total. The van der Waals surface area contributed by atoms with E-state index in [4.69, 9.17) is 4.74 Å². The molecule has 0 spiro atoms. The molecular formula is C20H33NO. The molecule has 0 bridgehead atoms. The van der Waals surface area contributed by atoms with Gasteiger partial charge in [-0.15, -0.1) is 0 Å². The Morgan fingerprint density at radius 3 is 2.41 bits per heavy atom. The van der Waals surface area contributed by atoms with Crippen molar-refractivity contribution in [1.82, 2.24) is 4.90 Å². The van der Waals surface area contributed by atoms with E-state index in [9.17, 15) is 0 Å². The highest BCUT2D eigenvalue weighted by atomic mass is 16.5. The second-order valence-corrected chi connectivity index (χ2v) is 6.67. The van der Waals surface area contributed by atoms with Crippen molar-refractivity contribution in [1.29, 1.82) is 0 Å². The van der Waals surface area contributed by atoms with E-state index in [1.165, 1.54) is 63.7 Å². The molecule has 0 amide bonds. The van der Waals surface area contributed by atoms with Crippen LogP contribution in [-0.4, -0.2) is 31.1 Å². The SMILES string of the molecule is CCCCN1CCC(CCOc2ccc(CCC)cc2)CC1. The molecule has 1 saturated heterocycles. The molecule has 0 unspecified atom stereocenters. The first-order valence-electron chi connectivity index (χ1n) is 9.26. The third-order valence-corrected chi connectivity index (χ3v) is 4.79. The number of unbranched alkanes of at least 4 members (excludes halogenated alkanes) is 1. The molecule has 1 heterocycles. The van der Waals surface area contributed by atoms with Gasteiger partial charge in [-0.1, -0.05) is 38.8 Å². The average Bonchev–Trinajstić information content (AvgIpc) is 2.56. The maximum Gasteiger partial charge on any atom is 0.119 e. The van der Waals surface area contributed by atoms with Gasteiger partial charge in [0, 0.05) is 0 Å². The van der Waals surface area contributed by atoms with Gasteiger partial charge in [-0.25, -0.2) is 0 Å². The van der Waals surface area contributed by atoms with E-state index in [2.05, 4.69) is 43.0 Å². The quantitative estimate of drug-likeness (QED) is 0.642. The van der Waals surface area contributed by atoms with Crippen LogP contribution in [0.2, 0.25) is 0 Å². The van der Waals surface area contributed by atoms with Crippen molar-refractivity contribution in [3.8, 4) is 5.75 Å². The summed E-state index contributed by atoms with van der Waals surface area (Å²) >= 11 is 0. The van der Waals surface area contributed by atoms with E-state index in [1.807, 2.05) is 0 Å². The number of rotatable bonds is 9. The summed E-state index contributed by atoms with van der Waals surface area (Å²) in [6.07, 6.45) is 8.93. The normalized spacial score (nSPS) is 16.8. The second kappa shape index (κ2) is 9.89. The number of ether oxygens (including phenoxy) is 1. The first kappa shape index (κ1) is 17.3. The largest absolute Gasteiger partial charge is 0.494 e. The standard InChI is InChI=1S/C20H33NO/c1-3-5-14-21-15-11-19(12-16-21)13-17-22-20-9-7-18(6-4-2)8-10-20/h7-10,19H,3-6,11-17H2,1-2H3. The van der Waals surface area contributed by atoms with Crippen LogP contribution < -0.4 is 4.74 Å². The molecule has 0 aromatic heterocycles. The predicted molar refractivity (Wildman–Crippen MR) is 94.6 cm³/mol. The van der Waals surface area contributed by atoms with Gasteiger partial charge in [-0.05, 0) is 75.4 Å². The van der Waals surface area contributed by atoms with Crippen LogP contribution in [-0.2, 0) is 6.42 Å². The van der Waals surface area contributed by atoms with Crippen LogP contribution >= 0.6 is 0 Å². The Kier molecular flexibility index (Phi) is 7.79. The molecule has 1 aliphatic rings. The molecule has 124 valence electrons. The minimum absolute atomic E-state index is 0.859. The van der Waals surface area contributed by atoms with Crippen molar-refractivity contribution in [2.45, 2.75) is 58.8 Å². The summed E-state index contributed by atoms with van der Waals surface area (Å²) in [6.45, 7) is 9.24. The van der Waals surface area contributed by atoms with Gasteiger partial charge in [0.05, 0.1) is 6.61 Å². The maximum absolute atomic E-state index is 5.92. The van der Waals surface area contributed by atoms with Gasteiger partial charge >= 0.3 is 0 Å². The molecular weight excluding hydrogens is 270 g/mol. The van der Waals surface area contributed by atoms with Crippen molar-refractivity contribution in [3.63, 3.8) is 0 Å². The fourth-order valence-electron chi connectivity index (χ4n) is 3.26. The number of likely N-dealkylation sites (tertiary alicyclic amines) is 1. The first-order chi connectivity index (χ1) is 10.8. The van der Waals surface area contributed by atoms with E-state index in [0.717, 1.165) is 24.7 Å². The van der Waals surface area contributed by atoms with Crippen LogP contribution in [0.3, 0.4) is 0 Å². The van der Waals surface area contributed by atoms with Gasteiger partial charge < -0.3 is 9.64 Å². The minimum atomic E-state index is 0.859. The molecule has 0 N–H and O–H groups in total. The summed E-state index contributed by atoms with van der Waals surface area (Å²) in [5.41, 5.74) is 1.41. The number of hydrogen-bond donors (Lipinski definition) is 0. The molecule has 0 atom stereocenters. The molecule has 0 saturated carbocycles. The van der Waals surface area contributed by atoms with E-state index < -0.39 is 0 Å². The fraction of sp³-hybridized carbons (Fsp3) is 0.700. The van der Waals surface area contributed by atoms with Crippen molar-refractivity contribution < 1.29 is 4.74 Å². The molecule has 0 radical (unpaired) electrons. The Labute approximate surface area is 136 Å². The highest BCUT2D eigenvalue weighted by Crippen LogP contribution is 2.21. The summed E-state index contributed by atoms with van der Waals surface area (Å²) in [5.74, 6) is 1.89. The summed E-state index contributed by atoms with van der Waals surface area (Å²) in [7, 11) is 0. The monoisotopic (exact) mass is 303 g/mol. The molecule has 1 fully saturated rings. The lowest BCUT2D eigenvalue weighted by Crippen LogP contribution is -2.34. The number of hydrogen-bond acceptors (Lipinski definition) is 2. The maximum atomic E-state index is 5.92. The Balaban J connectivity index is 1.61. The summed E-state index contributed by atoms with van der Waals surface area (Å²) < 4.78 is 5.92. The first-order valence-corrected chi connectivity index (χ1v) is 9.26. The third-order valence-electron chi connectivity index (χ3n) is 4.79. The summed E-state index contributed by atoms with van der Waals surface area (Å²) in [5, 5.41) is 0. The predicted octanol–water partition coefficient (Wildman–Crippen LogP) is 4.92. The lowest BCUT2D eigenvalue weighted by Gasteiger charge is -2.31. The van der Waals surface area contributed by atoms with Crippen LogP contribution in [0.5, 0.6) is 5.75 Å². The van der Waals surface area contributed by atoms with Gasteiger partial charge in [0.15, 0.2) is 0 Å². The highest BCUT2D eigenvalue weighted by molar-refractivity contribution is 5.27. The zero-order valence-corrected chi connectivity index (χ0v) is 14.5. The molecule has 22 heavy (non-hydrogen) atoms. The molecule has 1 aromatic rings. The van der Waals surface area contributed by atoms with Gasteiger partial charge in [0.1, 0.15) is 5.75 Å². The minimum Gasteiger partial charge on any atom is -0.494 e. The summed E-state index contributed by atoms with van der Waals surface area (Å²) in [6, 6.07) is 8.65. The molecule has 2 rings (SSSR count). The number of piperidine rings is 1. The van der Waals surface area contributed by atoms with Crippen molar-refractivity contribution >= 4 is 0 Å². The number of aryl methyl sites for hydroxylation is 1. The van der Waals surface area contributed by atoms with E-state index in [-0.39, 0.29) is 0 Å². The van der Waals surface area contributed by atoms with Gasteiger partial charge in [-0.2, -0.15) is 0 Å². The van der Waals surface area contributed by atoms with E-state index in [0.29, 0.717) is 0 Å². The number of benzene rings is 1. The van der Waals surface area contributed by atoms with Gasteiger partial charge in [0.2, 0.25) is 0 Å². The van der Waals surface area contributed by atoms with Crippen molar-refractivity contribution in [2.75, 3.05) is 26.2 Å². The second-order valence-electron chi connectivity index (χ2n) is 6.67. The average molecular weight is 303 g/mol. The Morgan fingerprint density at radius 2 is 1.77 bits per heavy atom. The lowest BCUT2D eigenvalue weighted by atomic mass is 9.94. The Morgan fingerprint density at radius 1 is 1.05 bits per heavy atom. The summed E-state index contributed by atoms with van der Waals surface area (Å²) in [4.78, 5) is 2.63. The van der Waals surface area contributed by atoms with Gasteiger partial charge in [-0.3, -0.25) is 0 Å². The van der Waals surface area contributed by atoms with Gasteiger partial charge in [0.25, 0.3) is 0 Å².